The highest BCUT2D eigenvalue weighted by Gasteiger charge is 2.30. The summed E-state index contributed by atoms with van der Waals surface area (Å²) in [6.07, 6.45) is 1.06. The van der Waals surface area contributed by atoms with Crippen LogP contribution in [0.25, 0.3) is 0 Å². The topological polar surface area (TPSA) is 63.7 Å². The van der Waals surface area contributed by atoms with E-state index in [2.05, 4.69) is 0 Å². The summed E-state index contributed by atoms with van der Waals surface area (Å²) in [7, 11) is -3.30. The second kappa shape index (κ2) is 4.49. The van der Waals surface area contributed by atoms with Crippen LogP contribution in [0.3, 0.4) is 0 Å². The molecule has 0 aromatic heterocycles. The lowest BCUT2D eigenvalue weighted by atomic mass is 10.3. The van der Waals surface area contributed by atoms with E-state index in [1.165, 1.54) is 6.92 Å². The molecule has 0 bridgehead atoms. The minimum absolute atomic E-state index is 0.0190. The van der Waals surface area contributed by atoms with E-state index in [9.17, 15) is 13.2 Å². The third-order valence-corrected chi connectivity index (χ3v) is 4.03. The Kier molecular flexibility index (Phi) is 3.72. The van der Waals surface area contributed by atoms with Crippen molar-refractivity contribution in [3.63, 3.8) is 0 Å². The maximum Gasteiger partial charge on any atom is 0.240 e. The highest BCUT2D eigenvalue weighted by molar-refractivity contribution is 7.92. The molecule has 0 spiro atoms. The molecule has 6 heteroatoms. The highest BCUT2D eigenvalue weighted by atomic mass is 32.2. The van der Waals surface area contributed by atoms with Gasteiger partial charge in [-0.2, -0.15) is 0 Å². The number of carbonyl (C=O) groups excluding carboxylic acids is 1. The fourth-order valence-electron chi connectivity index (χ4n) is 1.46. The van der Waals surface area contributed by atoms with Crippen LogP contribution in [0.5, 0.6) is 0 Å². The average Bonchev–Trinajstić information content (AvgIpc) is 2.14. The Morgan fingerprint density at radius 1 is 1.53 bits per heavy atom. The molecule has 0 N–H and O–H groups in total. The first-order valence-electron chi connectivity index (χ1n) is 4.91. The molecule has 1 fully saturated rings. The van der Waals surface area contributed by atoms with Gasteiger partial charge >= 0.3 is 0 Å². The summed E-state index contributed by atoms with van der Waals surface area (Å²) in [6.45, 7) is 4.72. The molecule has 0 aromatic rings. The quantitative estimate of drug-likeness (QED) is 0.657. The minimum Gasteiger partial charge on any atom is -0.375 e. The Morgan fingerprint density at radius 2 is 2.13 bits per heavy atom. The molecule has 1 amide bonds. The Hall–Kier alpha value is -0.620. The molecular formula is C9H17NO4S. The molecule has 1 aliphatic rings. The Labute approximate surface area is 90.3 Å². The lowest BCUT2D eigenvalue weighted by Crippen LogP contribution is -2.49. The molecule has 15 heavy (non-hydrogen) atoms. The van der Waals surface area contributed by atoms with Crippen LogP contribution in [0.2, 0.25) is 0 Å². The number of hydrogen-bond donors (Lipinski definition) is 0. The van der Waals surface area contributed by atoms with Gasteiger partial charge in [0, 0.05) is 19.3 Å². The van der Waals surface area contributed by atoms with E-state index in [1.807, 2.05) is 6.92 Å². The van der Waals surface area contributed by atoms with E-state index in [4.69, 9.17) is 4.74 Å². The monoisotopic (exact) mass is 235 g/mol. The second-order valence-corrected chi connectivity index (χ2v) is 6.30. The molecule has 0 aliphatic carbocycles. The van der Waals surface area contributed by atoms with Gasteiger partial charge in [0.15, 0.2) is 9.84 Å². The van der Waals surface area contributed by atoms with Crippen molar-refractivity contribution in [1.29, 1.82) is 0 Å². The van der Waals surface area contributed by atoms with Crippen LogP contribution >= 0.6 is 0 Å². The molecule has 0 aromatic carbocycles. The first-order chi connectivity index (χ1) is 6.82. The lowest BCUT2D eigenvalue weighted by molar-refractivity contribution is -0.137. The van der Waals surface area contributed by atoms with Gasteiger partial charge in [-0.05, 0) is 13.8 Å². The zero-order chi connectivity index (χ0) is 11.6. The first-order valence-corrected chi connectivity index (χ1v) is 6.87. The third-order valence-electron chi connectivity index (χ3n) is 2.54. The molecule has 0 saturated carbocycles. The average molecular weight is 235 g/mol. The van der Waals surface area contributed by atoms with Crippen molar-refractivity contribution < 1.29 is 17.9 Å². The van der Waals surface area contributed by atoms with Gasteiger partial charge < -0.3 is 9.64 Å². The van der Waals surface area contributed by atoms with Crippen molar-refractivity contribution >= 4 is 15.7 Å². The largest absolute Gasteiger partial charge is 0.375 e. The smallest absolute Gasteiger partial charge is 0.240 e. The normalized spacial score (nSPS) is 25.0. The number of sulfone groups is 1. The summed E-state index contributed by atoms with van der Waals surface area (Å²) in [5, 5.41) is -0.956. The number of amides is 1. The van der Waals surface area contributed by atoms with Crippen LogP contribution in [0, 0.1) is 0 Å². The fraction of sp³-hybridized carbons (Fsp3) is 0.889. The van der Waals surface area contributed by atoms with E-state index < -0.39 is 15.1 Å². The molecule has 0 radical (unpaired) electrons. The number of hydrogen-bond acceptors (Lipinski definition) is 4. The van der Waals surface area contributed by atoms with E-state index in [0.29, 0.717) is 19.7 Å². The van der Waals surface area contributed by atoms with Gasteiger partial charge in [0.1, 0.15) is 5.25 Å². The van der Waals surface area contributed by atoms with E-state index in [-0.39, 0.29) is 12.0 Å². The van der Waals surface area contributed by atoms with Gasteiger partial charge in [-0.15, -0.1) is 0 Å². The molecule has 5 nitrogen and oxygen atoms in total. The summed E-state index contributed by atoms with van der Waals surface area (Å²) in [4.78, 5) is 13.3. The van der Waals surface area contributed by atoms with Crippen LogP contribution in [0.4, 0.5) is 0 Å². The lowest BCUT2D eigenvalue weighted by Gasteiger charge is -2.32. The zero-order valence-electron chi connectivity index (χ0n) is 9.26. The summed E-state index contributed by atoms with van der Waals surface area (Å²) in [5.41, 5.74) is 0. The summed E-state index contributed by atoms with van der Waals surface area (Å²) in [6, 6.07) is 0. The summed E-state index contributed by atoms with van der Waals surface area (Å²) in [5.74, 6) is -0.326. The van der Waals surface area contributed by atoms with Crippen molar-refractivity contribution in [1.82, 2.24) is 4.90 Å². The van der Waals surface area contributed by atoms with Gasteiger partial charge in [-0.1, -0.05) is 0 Å². The van der Waals surface area contributed by atoms with E-state index in [0.717, 1.165) is 6.26 Å². The second-order valence-electron chi connectivity index (χ2n) is 3.94. The number of carbonyl (C=O) groups is 1. The van der Waals surface area contributed by atoms with Crippen LogP contribution in [0.1, 0.15) is 13.8 Å². The van der Waals surface area contributed by atoms with Gasteiger partial charge in [-0.25, -0.2) is 8.42 Å². The van der Waals surface area contributed by atoms with Crippen molar-refractivity contribution in [3.05, 3.63) is 0 Å². The van der Waals surface area contributed by atoms with Gasteiger partial charge in [0.05, 0.1) is 12.7 Å². The number of morpholine rings is 1. The summed E-state index contributed by atoms with van der Waals surface area (Å²) < 4.78 is 27.7. The SMILES string of the molecule is C[C@@H]1CN(C(=O)[C@@H](C)S(C)(=O)=O)CCO1. The van der Waals surface area contributed by atoms with Crippen LogP contribution in [-0.2, 0) is 19.4 Å². The predicted molar refractivity (Wildman–Crippen MR) is 56.3 cm³/mol. The van der Waals surface area contributed by atoms with Crippen LogP contribution in [-0.4, -0.2) is 56.5 Å². The summed E-state index contributed by atoms with van der Waals surface area (Å²) >= 11 is 0. The van der Waals surface area contributed by atoms with Crippen molar-refractivity contribution in [2.24, 2.45) is 0 Å². The van der Waals surface area contributed by atoms with E-state index in [1.54, 1.807) is 4.90 Å². The van der Waals surface area contributed by atoms with Crippen LogP contribution in [0.15, 0.2) is 0 Å². The molecule has 1 rings (SSSR count). The molecule has 2 atom stereocenters. The maximum atomic E-state index is 11.8. The van der Waals surface area contributed by atoms with Gasteiger partial charge in [0.2, 0.25) is 5.91 Å². The molecule has 1 aliphatic heterocycles. The molecule has 88 valence electrons. The third kappa shape index (κ3) is 3.17. The Bertz CT molecular complexity index is 338. The zero-order valence-corrected chi connectivity index (χ0v) is 10.1. The predicted octanol–water partition coefficient (Wildman–Crippen LogP) is -0.333. The van der Waals surface area contributed by atoms with Crippen molar-refractivity contribution in [3.8, 4) is 0 Å². The molecule has 1 heterocycles. The maximum absolute atomic E-state index is 11.8. The van der Waals surface area contributed by atoms with Gasteiger partial charge in [0.25, 0.3) is 0 Å². The number of nitrogens with zero attached hydrogens (tertiary/aromatic N) is 1. The molecular weight excluding hydrogens is 218 g/mol. The Balaban J connectivity index is 2.68. The standard InChI is InChI=1S/C9H17NO4S/c1-7-6-10(4-5-14-7)9(11)8(2)15(3,12)13/h7-8H,4-6H2,1-3H3/t7-,8-/m1/s1. The number of ether oxygens (including phenoxy) is 1. The van der Waals surface area contributed by atoms with Gasteiger partial charge in [-0.3, -0.25) is 4.79 Å². The highest BCUT2D eigenvalue weighted by Crippen LogP contribution is 2.09. The Morgan fingerprint density at radius 3 is 2.60 bits per heavy atom. The van der Waals surface area contributed by atoms with E-state index >= 15 is 0 Å². The molecule has 1 saturated heterocycles. The minimum atomic E-state index is -3.30. The van der Waals surface area contributed by atoms with Crippen LogP contribution < -0.4 is 0 Å². The first kappa shape index (κ1) is 12.4. The number of rotatable bonds is 2. The fourth-order valence-corrected chi connectivity index (χ4v) is 1.97. The molecule has 0 unspecified atom stereocenters. The van der Waals surface area contributed by atoms with Crippen molar-refractivity contribution in [2.75, 3.05) is 26.0 Å². The van der Waals surface area contributed by atoms with Crippen molar-refractivity contribution in [2.45, 2.75) is 25.2 Å².